The van der Waals surface area contributed by atoms with Crippen LogP contribution in [0.4, 0.5) is 10.8 Å². The van der Waals surface area contributed by atoms with Crippen molar-refractivity contribution in [2.24, 2.45) is 0 Å². The summed E-state index contributed by atoms with van der Waals surface area (Å²) >= 11 is 1.39. The average Bonchev–Trinajstić information content (AvgIpc) is 3.02. The number of nitrogens with one attached hydrogen (secondary N) is 3. The van der Waals surface area contributed by atoms with Gasteiger partial charge in [0, 0.05) is 6.42 Å². The molecule has 3 aromatic rings. The van der Waals surface area contributed by atoms with Crippen molar-refractivity contribution >= 4 is 50.1 Å². The monoisotopic (exact) mass is 380 g/mol. The molecule has 0 fully saturated rings. The summed E-state index contributed by atoms with van der Waals surface area (Å²) in [6, 6.07) is 13.6. The zero-order valence-electron chi connectivity index (χ0n) is 14.2. The molecule has 1 unspecified atom stereocenters. The topological polar surface area (TPSA) is 100 Å². The van der Waals surface area contributed by atoms with Crippen molar-refractivity contribution in [3.8, 4) is 0 Å². The number of aromatic nitrogens is 1. The van der Waals surface area contributed by atoms with Crippen molar-refractivity contribution < 1.29 is 14.4 Å². The first-order valence-corrected chi connectivity index (χ1v) is 9.28. The molecule has 0 radical (unpaired) electrons. The zero-order chi connectivity index (χ0) is 18.8. The maximum Gasteiger partial charge on any atom is 0.254 e. The van der Waals surface area contributed by atoms with Crippen molar-refractivity contribution in [3.63, 3.8) is 0 Å². The van der Waals surface area contributed by atoms with Crippen molar-refractivity contribution in [2.75, 3.05) is 10.6 Å². The lowest BCUT2D eigenvalue weighted by molar-refractivity contribution is -0.118. The molecule has 1 aliphatic rings. The van der Waals surface area contributed by atoms with E-state index in [1.165, 1.54) is 11.3 Å². The Morgan fingerprint density at radius 3 is 2.74 bits per heavy atom. The Morgan fingerprint density at radius 2 is 1.89 bits per heavy atom. The number of benzene rings is 2. The quantitative estimate of drug-likeness (QED) is 0.648. The van der Waals surface area contributed by atoms with Crippen molar-refractivity contribution in [1.82, 2.24) is 10.3 Å². The van der Waals surface area contributed by atoms with Crippen LogP contribution in [0.15, 0.2) is 48.5 Å². The van der Waals surface area contributed by atoms with Gasteiger partial charge >= 0.3 is 0 Å². The molecule has 1 aromatic heterocycles. The number of nitrogens with zero attached hydrogens (tertiary/aromatic N) is 1. The molecule has 27 heavy (non-hydrogen) atoms. The van der Waals surface area contributed by atoms with Crippen LogP contribution in [0.3, 0.4) is 0 Å². The van der Waals surface area contributed by atoms with Crippen LogP contribution >= 0.6 is 11.3 Å². The number of para-hydroxylation sites is 2. The van der Waals surface area contributed by atoms with Crippen molar-refractivity contribution in [2.45, 2.75) is 18.9 Å². The fraction of sp³-hybridized carbons (Fsp3) is 0.158. The van der Waals surface area contributed by atoms with Gasteiger partial charge in [0.05, 0.1) is 21.5 Å². The van der Waals surface area contributed by atoms with Crippen molar-refractivity contribution in [1.29, 1.82) is 0 Å². The van der Waals surface area contributed by atoms with E-state index in [9.17, 15) is 14.4 Å². The molecule has 136 valence electrons. The van der Waals surface area contributed by atoms with Gasteiger partial charge in [0.25, 0.3) is 5.91 Å². The Morgan fingerprint density at radius 1 is 1.11 bits per heavy atom. The SMILES string of the molecule is O=C(CCC1NC(=O)c2ccccc2NC1=O)Nc1nc2ccccc2s1. The maximum atomic E-state index is 12.3. The van der Waals surface area contributed by atoms with E-state index in [1.54, 1.807) is 24.3 Å². The molecule has 4 rings (SSSR count). The minimum absolute atomic E-state index is 0.0879. The highest BCUT2D eigenvalue weighted by Crippen LogP contribution is 2.25. The van der Waals surface area contributed by atoms with Crippen LogP contribution in [-0.4, -0.2) is 28.7 Å². The van der Waals surface area contributed by atoms with E-state index in [0.717, 1.165) is 10.2 Å². The van der Waals surface area contributed by atoms with Crippen LogP contribution in [0.5, 0.6) is 0 Å². The average molecular weight is 380 g/mol. The minimum Gasteiger partial charge on any atom is -0.340 e. The number of hydrogen-bond acceptors (Lipinski definition) is 5. The van der Waals surface area contributed by atoms with Gasteiger partial charge in [0.15, 0.2) is 5.13 Å². The summed E-state index contributed by atoms with van der Waals surface area (Å²) in [7, 11) is 0. The molecule has 7 nitrogen and oxygen atoms in total. The Bertz CT molecular complexity index is 1010. The van der Waals surface area contributed by atoms with Crippen LogP contribution in [0.1, 0.15) is 23.2 Å². The minimum atomic E-state index is -0.772. The van der Waals surface area contributed by atoms with Gasteiger partial charge in [-0.1, -0.05) is 35.6 Å². The second kappa shape index (κ2) is 7.16. The fourth-order valence-corrected chi connectivity index (χ4v) is 3.78. The summed E-state index contributed by atoms with van der Waals surface area (Å²) in [5.74, 6) is -0.917. The second-order valence-electron chi connectivity index (χ2n) is 6.13. The smallest absolute Gasteiger partial charge is 0.254 e. The molecule has 2 aromatic carbocycles. The Hall–Kier alpha value is -3.26. The summed E-state index contributed by atoms with van der Waals surface area (Å²) in [6.07, 6.45) is 0.285. The van der Waals surface area contributed by atoms with Gasteiger partial charge in [-0.25, -0.2) is 4.98 Å². The van der Waals surface area contributed by atoms with Crippen LogP contribution < -0.4 is 16.0 Å². The number of carbonyl (C=O) groups excluding carboxylic acids is 3. The molecule has 3 N–H and O–H groups in total. The van der Waals surface area contributed by atoms with E-state index < -0.39 is 6.04 Å². The van der Waals surface area contributed by atoms with Crippen LogP contribution in [-0.2, 0) is 9.59 Å². The number of anilines is 2. The summed E-state index contributed by atoms with van der Waals surface area (Å²) in [5, 5.41) is 8.68. The van der Waals surface area contributed by atoms with Crippen LogP contribution in [0.2, 0.25) is 0 Å². The molecule has 0 spiro atoms. The number of carbonyl (C=O) groups is 3. The zero-order valence-corrected chi connectivity index (χ0v) is 15.0. The van der Waals surface area contributed by atoms with Crippen LogP contribution in [0, 0.1) is 0 Å². The highest BCUT2D eigenvalue weighted by molar-refractivity contribution is 7.22. The molecule has 0 aliphatic carbocycles. The summed E-state index contributed by atoms with van der Waals surface area (Å²) < 4.78 is 0.987. The Balaban J connectivity index is 1.38. The highest BCUT2D eigenvalue weighted by atomic mass is 32.1. The molecule has 0 bridgehead atoms. The van der Waals surface area contributed by atoms with Crippen LogP contribution in [0.25, 0.3) is 10.2 Å². The summed E-state index contributed by atoms with van der Waals surface area (Å²) in [4.78, 5) is 41.2. The van der Waals surface area contributed by atoms with E-state index >= 15 is 0 Å². The fourth-order valence-electron chi connectivity index (χ4n) is 2.90. The van der Waals surface area contributed by atoms with E-state index in [2.05, 4.69) is 20.9 Å². The molecule has 3 amide bonds. The molecule has 8 heteroatoms. The molecule has 0 saturated heterocycles. The van der Waals surface area contributed by atoms with Gasteiger partial charge in [0.2, 0.25) is 11.8 Å². The van der Waals surface area contributed by atoms with Gasteiger partial charge in [-0.2, -0.15) is 0 Å². The van der Waals surface area contributed by atoms with Gasteiger partial charge in [-0.3, -0.25) is 14.4 Å². The summed E-state index contributed by atoms with van der Waals surface area (Å²) in [5.41, 5.74) is 1.71. The number of rotatable bonds is 4. The first kappa shape index (κ1) is 17.2. The lowest BCUT2D eigenvalue weighted by Crippen LogP contribution is -2.41. The van der Waals surface area contributed by atoms with Crippen molar-refractivity contribution in [3.05, 3.63) is 54.1 Å². The number of thiazole rings is 1. The summed E-state index contributed by atoms with van der Waals surface area (Å²) in [6.45, 7) is 0. The predicted octanol–water partition coefficient (Wildman–Crippen LogP) is 2.77. The predicted molar refractivity (Wildman–Crippen MR) is 104 cm³/mol. The van der Waals surface area contributed by atoms with E-state index in [4.69, 9.17) is 0 Å². The molecule has 2 heterocycles. The number of amides is 3. The van der Waals surface area contributed by atoms with Gasteiger partial charge < -0.3 is 16.0 Å². The Kier molecular flexibility index (Phi) is 4.55. The third kappa shape index (κ3) is 3.65. The maximum absolute atomic E-state index is 12.3. The van der Waals surface area contributed by atoms with Gasteiger partial charge in [-0.05, 0) is 30.7 Å². The van der Waals surface area contributed by atoms with Gasteiger partial charge in [-0.15, -0.1) is 0 Å². The standard InChI is InChI=1S/C19H16N4O3S/c24-16(23-19-22-13-7-3-4-8-15(13)27-19)10-9-14-18(26)20-12-6-2-1-5-11(12)17(25)21-14/h1-8,14H,9-10H2,(H,20,26)(H,21,25)(H,22,23,24). The number of hydrogen-bond donors (Lipinski definition) is 3. The Labute approximate surface area is 158 Å². The molecule has 0 saturated carbocycles. The third-order valence-corrected chi connectivity index (χ3v) is 5.20. The molecular weight excluding hydrogens is 364 g/mol. The lowest BCUT2D eigenvalue weighted by atomic mass is 10.1. The number of fused-ring (bicyclic) bond motifs is 2. The highest BCUT2D eigenvalue weighted by Gasteiger charge is 2.27. The van der Waals surface area contributed by atoms with Gasteiger partial charge in [0.1, 0.15) is 6.04 Å². The first-order valence-electron chi connectivity index (χ1n) is 8.46. The molecule has 1 atom stereocenters. The van der Waals surface area contributed by atoms with E-state index in [1.807, 2.05) is 24.3 Å². The molecular formula is C19H16N4O3S. The largest absolute Gasteiger partial charge is 0.340 e. The second-order valence-corrected chi connectivity index (χ2v) is 7.17. The van der Waals surface area contributed by atoms with E-state index in [0.29, 0.717) is 16.4 Å². The molecule has 1 aliphatic heterocycles. The normalized spacial score (nSPS) is 16.2. The lowest BCUT2D eigenvalue weighted by Gasteiger charge is -2.13. The van der Waals surface area contributed by atoms with E-state index in [-0.39, 0.29) is 30.6 Å². The third-order valence-electron chi connectivity index (χ3n) is 4.25. The first-order chi connectivity index (χ1) is 13.1.